The van der Waals surface area contributed by atoms with E-state index >= 15 is 0 Å². The molecule has 0 saturated carbocycles. The van der Waals surface area contributed by atoms with Gasteiger partial charge >= 0.3 is 0 Å². The van der Waals surface area contributed by atoms with Crippen LogP contribution in [-0.2, 0) is 91.5 Å². The third-order valence-electron chi connectivity index (χ3n) is 0. The predicted octanol–water partition coefficient (Wildman–Crippen LogP) is -0.772. The molecule has 0 fully saturated rings. The summed E-state index contributed by atoms with van der Waals surface area (Å²) in [6.45, 7) is 0. The van der Waals surface area contributed by atoms with Crippen molar-refractivity contribution in [3.8, 4) is 0 Å². The Labute approximate surface area is 133 Å². The van der Waals surface area contributed by atoms with Crippen molar-refractivity contribution < 1.29 is 91.5 Å². The largest absolute Gasteiger partial charge is 0 e. The van der Waals surface area contributed by atoms with Crippen LogP contribution in [0.4, 0.5) is 0 Å². The summed E-state index contributed by atoms with van der Waals surface area (Å²) >= 11 is 0. The third kappa shape index (κ3) is 23.6. The molecule has 0 nitrogen and oxygen atoms in total. The minimum atomic E-state index is 0. The molecule has 0 aromatic rings. The van der Waals surface area contributed by atoms with E-state index in [0.29, 0.717) is 0 Å². The molecule has 0 aromatic heterocycles. The molecule has 6 heavy (non-hydrogen) atoms. The van der Waals surface area contributed by atoms with Gasteiger partial charge < -0.3 is 0 Å². The SMILES string of the molecule is [As].[Cd].[Cu].[Hg].[Pb].[Zn]. The van der Waals surface area contributed by atoms with Gasteiger partial charge in [-0.05, 0) is 0 Å². The molecule has 8 radical (unpaired) electrons. The smallest absolute Gasteiger partial charge is 0 e. The van der Waals surface area contributed by atoms with E-state index in [0.717, 1.165) is 0 Å². The average molecular weight is 724 g/mol. The van der Waals surface area contributed by atoms with Gasteiger partial charge in [-0.15, -0.1) is 0 Å². The van der Waals surface area contributed by atoms with Crippen LogP contribution in [0.25, 0.3) is 0 Å². The van der Waals surface area contributed by atoms with E-state index in [2.05, 4.69) is 0 Å². The van der Waals surface area contributed by atoms with Crippen LogP contribution in [0.15, 0.2) is 0 Å². The normalized spacial score (nSPS) is 0. The fourth-order valence-corrected chi connectivity index (χ4v) is 0. The molecule has 0 heterocycles. The van der Waals surface area contributed by atoms with Gasteiger partial charge in [-0.3, -0.25) is 0 Å². The van der Waals surface area contributed by atoms with Crippen molar-refractivity contribution in [3.63, 3.8) is 0 Å². The van der Waals surface area contributed by atoms with E-state index in [1.54, 1.807) is 0 Å². The maximum atomic E-state index is 0. The van der Waals surface area contributed by atoms with Gasteiger partial charge in [0.15, 0.2) is 0 Å². The summed E-state index contributed by atoms with van der Waals surface area (Å²) in [5.41, 5.74) is 0. The minimum absolute atomic E-state index is 0. The van der Waals surface area contributed by atoms with Crippen molar-refractivity contribution in [2.45, 2.75) is 0 Å². The van der Waals surface area contributed by atoms with E-state index < -0.39 is 0 Å². The molecular weight excluding hydrogens is 724 g/mol. The van der Waals surface area contributed by atoms with Gasteiger partial charge in [-0.1, -0.05) is 0 Å². The number of hydrogen-bond donors (Lipinski definition) is 0. The fourth-order valence-electron chi connectivity index (χ4n) is 0. The number of rotatable bonds is 0. The van der Waals surface area contributed by atoms with Crippen LogP contribution in [0, 0.1) is 0 Å². The molecule has 0 unspecified atom stereocenters. The predicted molar refractivity (Wildman–Crippen MR) is 11.5 cm³/mol. The first-order chi connectivity index (χ1) is 0. The maximum Gasteiger partial charge on any atom is 0 e. The van der Waals surface area contributed by atoms with Crippen LogP contribution in [0.1, 0.15) is 0 Å². The van der Waals surface area contributed by atoms with Crippen LogP contribution in [-0.4, -0.2) is 45.3 Å². The molecule has 0 aliphatic rings. The second-order valence-electron chi connectivity index (χ2n) is 0. The molecule has 0 bridgehead atoms. The second kappa shape index (κ2) is 34.0. The van der Waals surface area contributed by atoms with E-state index in [1.807, 2.05) is 0 Å². The van der Waals surface area contributed by atoms with Crippen LogP contribution in [0.2, 0.25) is 0 Å². The van der Waals surface area contributed by atoms with E-state index in [-0.39, 0.29) is 137 Å². The maximum absolute atomic E-state index is 0. The van der Waals surface area contributed by atoms with Crippen LogP contribution < -0.4 is 0 Å². The molecule has 0 N–H and O–H groups in total. The summed E-state index contributed by atoms with van der Waals surface area (Å²) in [5.74, 6) is 0. The van der Waals surface area contributed by atoms with Gasteiger partial charge in [-0.25, -0.2) is 0 Å². The Hall–Kier alpha value is 4.48. The molecule has 0 aliphatic heterocycles. The summed E-state index contributed by atoms with van der Waals surface area (Å²) in [6.07, 6.45) is 0. The molecule has 0 aromatic carbocycles. The number of hydrogen-bond acceptors (Lipinski definition) is 0. The third-order valence-corrected chi connectivity index (χ3v) is 0. The molecule has 0 spiro atoms. The van der Waals surface area contributed by atoms with Crippen molar-refractivity contribution in [3.05, 3.63) is 0 Å². The second-order valence-corrected chi connectivity index (χ2v) is 0. The van der Waals surface area contributed by atoms with Crippen molar-refractivity contribution in [2.24, 2.45) is 0 Å². The van der Waals surface area contributed by atoms with E-state index in [4.69, 9.17) is 0 Å². The average Bonchev–Trinajstić information content (AvgIpc) is 0. The van der Waals surface area contributed by atoms with E-state index in [9.17, 15) is 0 Å². The minimum Gasteiger partial charge on any atom is 0 e. The van der Waals surface area contributed by atoms with Crippen LogP contribution in [0.3, 0.4) is 0 Å². The molecule has 0 atom stereocenters. The zero-order chi connectivity index (χ0) is 0. The van der Waals surface area contributed by atoms with Crippen LogP contribution >= 0.6 is 0 Å². The molecular formula is AsCdCuHgPbZn. The van der Waals surface area contributed by atoms with Crippen molar-refractivity contribution >= 4 is 45.3 Å². The quantitative estimate of drug-likeness (QED) is 0.289. The monoisotopic (exact) mass is 726 g/mol. The summed E-state index contributed by atoms with van der Waals surface area (Å²) in [7, 11) is 0. The van der Waals surface area contributed by atoms with E-state index in [1.165, 1.54) is 0 Å². The molecule has 0 aliphatic carbocycles. The van der Waals surface area contributed by atoms with Crippen molar-refractivity contribution in [1.29, 1.82) is 0 Å². The molecule has 0 rings (SSSR count). The van der Waals surface area contributed by atoms with Gasteiger partial charge in [0.25, 0.3) is 0 Å². The van der Waals surface area contributed by atoms with Crippen LogP contribution in [0.5, 0.6) is 0 Å². The van der Waals surface area contributed by atoms with Gasteiger partial charge in [-0.2, -0.15) is 0 Å². The Bertz CT molecular complexity index is 15.5. The van der Waals surface area contributed by atoms with Crippen molar-refractivity contribution in [1.82, 2.24) is 0 Å². The Balaban J connectivity index is 0. The Morgan fingerprint density at radius 2 is 1.00 bits per heavy atom. The van der Waals surface area contributed by atoms with Crippen molar-refractivity contribution in [2.75, 3.05) is 0 Å². The Kier molecular flexibility index (Phi) is 266. The Morgan fingerprint density at radius 3 is 1.00 bits per heavy atom. The molecule has 0 saturated heterocycles. The topological polar surface area (TPSA) is 0 Å². The molecule has 26 valence electrons. The summed E-state index contributed by atoms with van der Waals surface area (Å²) < 4.78 is 0. The zero-order valence-electron chi connectivity index (χ0n) is 3.37. The Morgan fingerprint density at radius 1 is 1.00 bits per heavy atom. The van der Waals surface area contributed by atoms with Gasteiger partial charge in [0.05, 0.1) is 0 Å². The molecule has 6 heteroatoms. The zero-order valence-corrected chi connectivity index (χ0v) is 22.6. The van der Waals surface area contributed by atoms with Gasteiger partial charge in [0.2, 0.25) is 0 Å². The standard InChI is InChI=1S/As.Cd.Cu.Hg.Pb.Zn. The first-order valence-electron chi connectivity index (χ1n) is 0. The fraction of sp³-hybridized carbons (Fsp3) is 0. The summed E-state index contributed by atoms with van der Waals surface area (Å²) in [6, 6.07) is 0. The first kappa shape index (κ1) is 46.9. The molecule has 0 amide bonds. The first-order valence-corrected chi connectivity index (χ1v) is 0. The van der Waals surface area contributed by atoms with Gasteiger partial charge in [0, 0.05) is 137 Å². The summed E-state index contributed by atoms with van der Waals surface area (Å²) in [5, 5.41) is 0. The summed E-state index contributed by atoms with van der Waals surface area (Å²) in [4.78, 5) is 0. The van der Waals surface area contributed by atoms with Gasteiger partial charge in [0.1, 0.15) is 0 Å².